The highest BCUT2D eigenvalue weighted by atomic mass is 16.2. The molecule has 4 heteroatoms. The molecule has 0 aliphatic carbocycles. The maximum Gasteiger partial charge on any atom is 0.246 e. The predicted octanol–water partition coefficient (Wildman–Crippen LogP) is 3.40. The number of carbonyl (C=O) groups excluding carboxylic acids is 1. The number of benzene rings is 1. The van der Waals surface area contributed by atoms with E-state index < -0.39 is 0 Å². The van der Waals surface area contributed by atoms with Crippen LogP contribution in [0.4, 0.5) is 0 Å². The molecule has 0 fully saturated rings. The average Bonchev–Trinajstić information content (AvgIpc) is 2.59. The summed E-state index contributed by atoms with van der Waals surface area (Å²) in [4.78, 5) is 16.8. The van der Waals surface area contributed by atoms with Crippen LogP contribution in [0, 0.1) is 17.2 Å². The highest BCUT2D eigenvalue weighted by Gasteiger charge is 2.13. The summed E-state index contributed by atoms with van der Waals surface area (Å²) in [5, 5.41) is 8.94. The number of nitrogens with zero attached hydrogens (tertiary/aromatic N) is 3. The lowest BCUT2D eigenvalue weighted by Crippen LogP contribution is -2.39. The highest BCUT2D eigenvalue weighted by Crippen LogP contribution is 2.08. The van der Waals surface area contributed by atoms with Gasteiger partial charge in [-0.3, -0.25) is 4.79 Å². The Morgan fingerprint density at radius 2 is 1.96 bits per heavy atom. The molecule has 0 radical (unpaired) electrons. The topological polar surface area (TPSA) is 47.3 Å². The van der Waals surface area contributed by atoms with E-state index in [1.54, 1.807) is 24.3 Å². The SMILES string of the molecule is CCN(CC)CCN(CC(C)C)C(=O)/C=C/c1cccc(C#N)c1. The molecular weight excluding hydrogens is 298 g/mol. The van der Waals surface area contributed by atoms with Crippen molar-refractivity contribution in [2.24, 2.45) is 5.92 Å². The zero-order chi connectivity index (χ0) is 17.9. The molecule has 0 saturated carbocycles. The molecular formula is C20H29N3O. The predicted molar refractivity (Wildman–Crippen MR) is 99.4 cm³/mol. The molecule has 0 unspecified atom stereocenters. The molecule has 0 atom stereocenters. The van der Waals surface area contributed by atoms with Gasteiger partial charge in [-0.15, -0.1) is 0 Å². The van der Waals surface area contributed by atoms with Crippen molar-refractivity contribution in [3.05, 3.63) is 41.5 Å². The monoisotopic (exact) mass is 327 g/mol. The summed E-state index contributed by atoms with van der Waals surface area (Å²) >= 11 is 0. The van der Waals surface area contributed by atoms with Crippen LogP contribution in [0.1, 0.15) is 38.8 Å². The van der Waals surface area contributed by atoms with Crippen molar-refractivity contribution in [3.8, 4) is 6.07 Å². The van der Waals surface area contributed by atoms with Gasteiger partial charge in [0.05, 0.1) is 11.6 Å². The standard InChI is InChI=1S/C20H29N3O/c1-5-22(6-2)12-13-23(16-17(3)4)20(24)11-10-18-8-7-9-19(14-18)15-21/h7-11,14,17H,5-6,12-13,16H2,1-4H3/b11-10+. The van der Waals surface area contributed by atoms with Gasteiger partial charge < -0.3 is 9.80 Å². The molecule has 130 valence electrons. The Labute approximate surface area is 146 Å². The summed E-state index contributed by atoms with van der Waals surface area (Å²) in [5.41, 5.74) is 1.47. The number of hydrogen-bond acceptors (Lipinski definition) is 3. The lowest BCUT2D eigenvalue weighted by atomic mass is 10.1. The van der Waals surface area contributed by atoms with Gasteiger partial charge in [0.15, 0.2) is 0 Å². The molecule has 4 nitrogen and oxygen atoms in total. The van der Waals surface area contributed by atoms with Crippen LogP contribution in [-0.2, 0) is 4.79 Å². The molecule has 0 aromatic heterocycles. The molecule has 1 aromatic carbocycles. The summed E-state index contributed by atoms with van der Waals surface area (Å²) in [6.07, 6.45) is 3.40. The Balaban J connectivity index is 2.75. The molecule has 1 aromatic rings. The first-order chi connectivity index (χ1) is 11.5. The molecule has 0 aliphatic heterocycles. The first-order valence-corrected chi connectivity index (χ1v) is 8.69. The summed E-state index contributed by atoms with van der Waals surface area (Å²) in [5.74, 6) is 0.458. The summed E-state index contributed by atoms with van der Waals surface area (Å²) in [7, 11) is 0. The van der Waals surface area contributed by atoms with E-state index in [-0.39, 0.29) is 5.91 Å². The fourth-order valence-corrected chi connectivity index (χ4v) is 2.52. The maximum absolute atomic E-state index is 12.6. The van der Waals surface area contributed by atoms with Crippen molar-refractivity contribution in [2.75, 3.05) is 32.7 Å². The molecule has 0 bridgehead atoms. The van der Waals surface area contributed by atoms with Crippen LogP contribution in [0.25, 0.3) is 6.08 Å². The number of likely N-dealkylation sites (N-methyl/N-ethyl adjacent to an activating group) is 1. The average molecular weight is 327 g/mol. The maximum atomic E-state index is 12.6. The third-order valence-electron chi connectivity index (χ3n) is 3.91. The van der Waals surface area contributed by atoms with Gasteiger partial charge in [0.25, 0.3) is 0 Å². The second kappa shape index (κ2) is 10.6. The molecule has 0 saturated heterocycles. The van der Waals surface area contributed by atoms with Crippen LogP contribution < -0.4 is 0 Å². The number of hydrogen-bond donors (Lipinski definition) is 0. The van der Waals surface area contributed by atoms with Crippen molar-refractivity contribution in [3.63, 3.8) is 0 Å². The minimum Gasteiger partial charge on any atom is -0.338 e. The second-order valence-corrected chi connectivity index (χ2v) is 6.28. The molecule has 24 heavy (non-hydrogen) atoms. The Hall–Kier alpha value is -2.12. The quantitative estimate of drug-likeness (QED) is 0.653. The molecule has 1 amide bonds. The van der Waals surface area contributed by atoms with Crippen molar-refractivity contribution in [1.82, 2.24) is 9.80 Å². The largest absolute Gasteiger partial charge is 0.338 e. The molecule has 0 aliphatic rings. The van der Waals surface area contributed by atoms with E-state index in [0.29, 0.717) is 11.5 Å². The van der Waals surface area contributed by atoms with Crippen molar-refractivity contribution >= 4 is 12.0 Å². The lowest BCUT2D eigenvalue weighted by Gasteiger charge is -2.27. The number of rotatable bonds is 9. The first kappa shape index (κ1) is 19.9. The fraction of sp³-hybridized carbons (Fsp3) is 0.500. The smallest absolute Gasteiger partial charge is 0.246 e. The summed E-state index contributed by atoms with van der Waals surface area (Å²) in [6.45, 7) is 12.9. The minimum atomic E-state index is 0.0261. The van der Waals surface area contributed by atoms with Crippen LogP contribution >= 0.6 is 0 Å². The van der Waals surface area contributed by atoms with E-state index >= 15 is 0 Å². The Bertz CT molecular complexity index is 583. The zero-order valence-corrected chi connectivity index (χ0v) is 15.3. The van der Waals surface area contributed by atoms with E-state index in [2.05, 4.69) is 38.7 Å². The fourth-order valence-electron chi connectivity index (χ4n) is 2.52. The Kier molecular flexibility index (Phi) is 8.81. The third kappa shape index (κ3) is 6.97. The van der Waals surface area contributed by atoms with E-state index in [4.69, 9.17) is 5.26 Å². The van der Waals surface area contributed by atoms with Crippen LogP contribution in [0.5, 0.6) is 0 Å². The van der Waals surface area contributed by atoms with Gasteiger partial charge in [-0.05, 0) is 42.8 Å². The van der Waals surface area contributed by atoms with Crippen LogP contribution in [0.2, 0.25) is 0 Å². The van der Waals surface area contributed by atoms with Crippen LogP contribution in [0.3, 0.4) is 0 Å². The van der Waals surface area contributed by atoms with Gasteiger partial charge in [0, 0.05) is 25.7 Å². The summed E-state index contributed by atoms with van der Waals surface area (Å²) < 4.78 is 0. The zero-order valence-electron chi connectivity index (χ0n) is 15.3. The third-order valence-corrected chi connectivity index (χ3v) is 3.91. The molecule has 1 rings (SSSR count). The van der Waals surface area contributed by atoms with Gasteiger partial charge in [-0.1, -0.05) is 39.8 Å². The van der Waals surface area contributed by atoms with Crippen molar-refractivity contribution < 1.29 is 4.79 Å². The van der Waals surface area contributed by atoms with E-state index in [1.165, 1.54) is 0 Å². The number of amides is 1. The van der Waals surface area contributed by atoms with Crippen molar-refractivity contribution in [2.45, 2.75) is 27.7 Å². The van der Waals surface area contributed by atoms with Gasteiger partial charge in [-0.25, -0.2) is 0 Å². The van der Waals surface area contributed by atoms with E-state index in [0.717, 1.165) is 38.3 Å². The van der Waals surface area contributed by atoms with Crippen molar-refractivity contribution in [1.29, 1.82) is 5.26 Å². The van der Waals surface area contributed by atoms with Crippen LogP contribution in [-0.4, -0.2) is 48.4 Å². The van der Waals surface area contributed by atoms with E-state index in [1.807, 2.05) is 17.0 Å². The normalized spacial score (nSPS) is 11.2. The Morgan fingerprint density at radius 1 is 1.25 bits per heavy atom. The molecule has 0 N–H and O–H groups in total. The molecule has 0 heterocycles. The molecule has 0 spiro atoms. The minimum absolute atomic E-state index is 0.0261. The summed E-state index contributed by atoms with van der Waals surface area (Å²) in [6, 6.07) is 9.38. The highest BCUT2D eigenvalue weighted by molar-refractivity contribution is 5.91. The van der Waals surface area contributed by atoms with Gasteiger partial charge in [0.2, 0.25) is 5.91 Å². The second-order valence-electron chi connectivity index (χ2n) is 6.28. The van der Waals surface area contributed by atoms with Gasteiger partial charge in [0.1, 0.15) is 0 Å². The lowest BCUT2D eigenvalue weighted by molar-refractivity contribution is -0.126. The number of nitriles is 1. The number of carbonyl (C=O) groups is 1. The Morgan fingerprint density at radius 3 is 2.54 bits per heavy atom. The van der Waals surface area contributed by atoms with Gasteiger partial charge >= 0.3 is 0 Å². The first-order valence-electron chi connectivity index (χ1n) is 8.69. The van der Waals surface area contributed by atoms with Gasteiger partial charge in [-0.2, -0.15) is 5.26 Å². The van der Waals surface area contributed by atoms with E-state index in [9.17, 15) is 4.79 Å². The van der Waals surface area contributed by atoms with Crippen LogP contribution in [0.15, 0.2) is 30.3 Å².